The van der Waals surface area contributed by atoms with Crippen LogP contribution in [0.2, 0.25) is 0 Å². The first-order chi connectivity index (χ1) is 15.9. The lowest BCUT2D eigenvalue weighted by Gasteiger charge is -2.30. The molecular formula is C24H22N2O6S. The Morgan fingerprint density at radius 1 is 1.24 bits per heavy atom. The van der Waals surface area contributed by atoms with Crippen molar-refractivity contribution in [1.29, 1.82) is 0 Å². The number of nitrogens with zero attached hydrogens (tertiary/aromatic N) is 2. The van der Waals surface area contributed by atoms with Gasteiger partial charge in [-0.05, 0) is 31.0 Å². The fourth-order valence-electron chi connectivity index (χ4n) is 4.11. The molecule has 4 rings (SSSR count). The lowest BCUT2D eigenvalue weighted by atomic mass is 9.76. The molecule has 0 aromatic heterocycles. The minimum absolute atomic E-state index is 0.0395. The second kappa shape index (κ2) is 9.58. The van der Waals surface area contributed by atoms with Gasteiger partial charge in [0.1, 0.15) is 12.5 Å². The molecule has 170 valence electrons. The molecule has 0 spiro atoms. The van der Waals surface area contributed by atoms with Gasteiger partial charge in [0.2, 0.25) is 0 Å². The number of non-ortho nitro benzene ring substituents is 1. The summed E-state index contributed by atoms with van der Waals surface area (Å²) in [6, 6.07) is 14.0. The highest BCUT2D eigenvalue weighted by Gasteiger charge is 2.46. The normalized spacial score (nSPS) is 19.6. The SMILES string of the molecule is CCOC(=O)C1C(C)=NC2=C(C(=O)OC2)C1c1ccccc1SCc1ccc([N+](=O)[O-])cc1. The molecule has 2 aromatic rings. The first-order valence-electron chi connectivity index (χ1n) is 10.5. The van der Waals surface area contributed by atoms with E-state index in [2.05, 4.69) is 4.99 Å². The van der Waals surface area contributed by atoms with Crippen LogP contribution < -0.4 is 0 Å². The molecule has 0 amide bonds. The second-order valence-electron chi connectivity index (χ2n) is 7.65. The van der Waals surface area contributed by atoms with Crippen LogP contribution in [0.4, 0.5) is 5.69 Å². The van der Waals surface area contributed by atoms with E-state index < -0.39 is 28.7 Å². The van der Waals surface area contributed by atoms with Gasteiger partial charge in [-0.1, -0.05) is 30.3 Å². The molecule has 0 saturated heterocycles. The van der Waals surface area contributed by atoms with Crippen molar-refractivity contribution in [3.05, 3.63) is 81.0 Å². The van der Waals surface area contributed by atoms with E-state index in [0.29, 0.717) is 22.7 Å². The summed E-state index contributed by atoms with van der Waals surface area (Å²) < 4.78 is 10.6. The van der Waals surface area contributed by atoms with Crippen molar-refractivity contribution in [3.63, 3.8) is 0 Å². The van der Waals surface area contributed by atoms with E-state index in [4.69, 9.17) is 9.47 Å². The number of benzene rings is 2. The van der Waals surface area contributed by atoms with Crippen LogP contribution in [0.3, 0.4) is 0 Å². The highest BCUT2D eigenvalue weighted by Crippen LogP contribution is 2.45. The molecule has 2 heterocycles. The van der Waals surface area contributed by atoms with Gasteiger partial charge < -0.3 is 9.47 Å². The number of esters is 2. The third kappa shape index (κ3) is 4.54. The number of hydrogen-bond acceptors (Lipinski definition) is 8. The highest BCUT2D eigenvalue weighted by molar-refractivity contribution is 7.98. The van der Waals surface area contributed by atoms with Crippen LogP contribution in [0, 0.1) is 16.0 Å². The van der Waals surface area contributed by atoms with Gasteiger partial charge in [0.15, 0.2) is 0 Å². The Kier molecular flexibility index (Phi) is 6.60. The Bertz CT molecular complexity index is 1170. The Labute approximate surface area is 194 Å². The zero-order valence-corrected chi connectivity index (χ0v) is 19.0. The fourth-order valence-corrected chi connectivity index (χ4v) is 5.17. The summed E-state index contributed by atoms with van der Waals surface area (Å²) in [6.07, 6.45) is 0. The first-order valence-corrected chi connectivity index (χ1v) is 11.5. The van der Waals surface area contributed by atoms with Crippen molar-refractivity contribution in [3.8, 4) is 0 Å². The molecule has 0 aliphatic carbocycles. The maximum Gasteiger partial charge on any atom is 0.337 e. The number of cyclic esters (lactones) is 1. The summed E-state index contributed by atoms with van der Waals surface area (Å²) >= 11 is 1.54. The van der Waals surface area contributed by atoms with Crippen LogP contribution in [0.15, 0.2) is 69.7 Å². The second-order valence-corrected chi connectivity index (χ2v) is 8.66. The van der Waals surface area contributed by atoms with Crippen molar-refractivity contribution >= 4 is 35.1 Å². The predicted octanol–water partition coefficient (Wildman–Crippen LogP) is 4.44. The summed E-state index contributed by atoms with van der Waals surface area (Å²) in [5, 5.41) is 10.9. The van der Waals surface area contributed by atoms with Gasteiger partial charge in [0.25, 0.3) is 5.69 Å². The molecule has 2 atom stereocenters. The van der Waals surface area contributed by atoms with Gasteiger partial charge in [-0.3, -0.25) is 19.9 Å². The van der Waals surface area contributed by atoms with E-state index in [1.54, 1.807) is 26.0 Å². The molecule has 2 aromatic carbocycles. The van der Waals surface area contributed by atoms with Crippen LogP contribution in [-0.4, -0.2) is 35.8 Å². The zero-order chi connectivity index (χ0) is 23.5. The minimum Gasteiger partial charge on any atom is -0.465 e. The zero-order valence-electron chi connectivity index (χ0n) is 18.1. The number of nitro benzene ring substituents is 1. The number of thioether (sulfide) groups is 1. The molecule has 9 heteroatoms. The lowest BCUT2D eigenvalue weighted by molar-refractivity contribution is -0.384. The van der Waals surface area contributed by atoms with E-state index in [9.17, 15) is 19.7 Å². The van der Waals surface area contributed by atoms with Gasteiger partial charge in [0, 0.05) is 34.4 Å². The average molecular weight is 467 g/mol. The van der Waals surface area contributed by atoms with E-state index in [-0.39, 0.29) is 18.9 Å². The van der Waals surface area contributed by atoms with Crippen molar-refractivity contribution in [1.82, 2.24) is 0 Å². The Morgan fingerprint density at radius 3 is 2.67 bits per heavy atom. The van der Waals surface area contributed by atoms with Crippen LogP contribution in [0.1, 0.15) is 30.9 Å². The molecule has 0 radical (unpaired) electrons. The maximum absolute atomic E-state index is 12.9. The molecule has 8 nitrogen and oxygen atoms in total. The number of rotatable bonds is 7. The highest BCUT2D eigenvalue weighted by atomic mass is 32.2. The number of nitro groups is 1. The minimum atomic E-state index is -0.726. The van der Waals surface area contributed by atoms with Crippen molar-refractivity contribution in [2.45, 2.75) is 30.4 Å². The summed E-state index contributed by atoms with van der Waals surface area (Å²) in [5.74, 6) is -1.61. The van der Waals surface area contributed by atoms with E-state index >= 15 is 0 Å². The van der Waals surface area contributed by atoms with Gasteiger partial charge in [0.05, 0.1) is 22.8 Å². The number of ether oxygens (including phenoxy) is 2. The molecule has 2 aliphatic heterocycles. The Hall–Kier alpha value is -3.46. The van der Waals surface area contributed by atoms with Crippen molar-refractivity contribution < 1.29 is 24.0 Å². The number of carbonyl (C=O) groups excluding carboxylic acids is 2. The van der Waals surface area contributed by atoms with Crippen molar-refractivity contribution in [2.24, 2.45) is 10.9 Å². The number of aliphatic imine (C=N–C) groups is 1. The fraction of sp³-hybridized carbons (Fsp3) is 0.292. The van der Waals surface area contributed by atoms with E-state index in [1.807, 2.05) is 24.3 Å². The van der Waals surface area contributed by atoms with Crippen LogP contribution in [0.25, 0.3) is 0 Å². The van der Waals surface area contributed by atoms with E-state index in [1.165, 1.54) is 23.9 Å². The molecule has 33 heavy (non-hydrogen) atoms. The maximum atomic E-state index is 12.9. The molecule has 2 aliphatic rings. The summed E-state index contributed by atoms with van der Waals surface area (Å²) in [7, 11) is 0. The lowest BCUT2D eigenvalue weighted by Crippen LogP contribution is -2.35. The van der Waals surface area contributed by atoms with Crippen LogP contribution in [-0.2, 0) is 24.8 Å². The predicted molar refractivity (Wildman–Crippen MR) is 123 cm³/mol. The summed E-state index contributed by atoms with van der Waals surface area (Å²) in [5.41, 5.74) is 3.33. The standard InChI is InChI=1S/C24H22N2O6S/c1-3-31-23(27)20-14(2)25-18-12-32-24(28)22(18)21(20)17-6-4-5-7-19(17)33-13-15-8-10-16(11-9-15)26(29)30/h4-11,20-21H,3,12-13H2,1-2H3. The van der Waals surface area contributed by atoms with Crippen LogP contribution in [0.5, 0.6) is 0 Å². The summed E-state index contributed by atoms with van der Waals surface area (Å²) in [6.45, 7) is 3.83. The molecule has 0 bridgehead atoms. The Balaban J connectivity index is 1.69. The van der Waals surface area contributed by atoms with Crippen LogP contribution >= 0.6 is 11.8 Å². The first kappa shape index (κ1) is 22.7. The largest absolute Gasteiger partial charge is 0.465 e. The number of hydrogen-bond donors (Lipinski definition) is 0. The third-order valence-electron chi connectivity index (χ3n) is 5.61. The molecule has 0 fully saturated rings. The van der Waals surface area contributed by atoms with Gasteiger partial charge >= 0.3 is 11.9 Å². The number of carbonyl (C=O) groups is 2. The topological polar surface area (TPSA) is 108 Å². The molecule has 2 unspecified atom stereocenters. The van der Waals surface area contributed by atoms with Gasteiger partial charge in [-0.2, -0.15) is 0 Å². The average Bonchev–Trinajstić information content (AvgIpc) is 3.17. The Morgan fingerprint density at radius 2 is 1.97 bits per heavy atom. The monoisotopic (exact) mass is 466 g/mol. The van der Waals surface area contributed by atoms with E-state index in [0.717, 1.165) is 16.0 Å². The van der Waals surface area contributed by atoms with Gasteiger partial charge in [-0.15, -0.1) is 11.8 Å². The smallest absolute Gasteiger partial charge is 0.337 e. The van der Waals surface area contributed by atoms with Gasteiger partial charge in [-0.25, -0.2) is 4.79 Å². The quantitative estimate of drug-likeness (QED) is 0.257. The summed E-state index contributed by atoms with van der Waals surface area (Å²) in [4.78, 5) is 41.4. The molecule has 0 saturated carbocycles. The third-order valence-corrected chi connectivity index (χ3v) is 6.77. The molecule has 0 N–H and O–H groups in total. The molecular weight excluding hydrogens is 444 g/mol. The van der Waals surface area contributed by atoms with Crippen molar-refractivity contribution in [2.75, 3.05) is 13.2 Å².